The summed E-state index contributed by atoms with van der Waals surface area (Å²) in [5.74, 6) is 1.59. The molecule has 2 aromatic rings. The van der Waals surface area contributed by atoms with Crippen LogP contribution in [0, 0.1) is 0 Å². The second-order valence-corrected chi connectivity index (χ2v) is 4.03. The first-order valence-corrected chi connectivity index (χ1v) is 5.77. The lowest BCUT2D eigenvalue weighted by Gasteiger charge is -2.01. The van der Waals surface area contributed by atoms with Gasteiger partial charge in [0.1, 0.15) is 0 Å². The zero-order chi connectivity index (χ0) is 11.4. The molecule has 9 heteroatoms. The number of aromatic nitrogens is 6. The van der Waals surface area contributed by atoms with Crippen molar-refractivity contribution in [2.24, 2.45) is 0 Å². The van der Waals surface area contributed by atoms with Crippen LogP contribution in [0.25, 0.3) is 5.78 Å². The average molecular weight is 241 g/mol. The van der Waals surface area contributed by atoms with Gasteiger partial charge in [0.25, 0.3) is 11.7 Å². The van der Waals surface area contributed by atoms with Crippen molar-refractivity contribution in [3.05, 3.63) is 0 Å². The first-order valence-electron chi connectivity index (χ1n) is 4.78. The first-order chi connectivity index (χ1) is 7.85. The van der Waals surface area contributed by atoms with Crippen molar-refractivity contribution in [1.29, 1.82) is 0 Å². The van der Waals surface area contributed by atoms with Crippen molar-refractivity contribution in [2.45, 2.75) is 12.1 Å². The van der Waals surface area contributed by atoms with Gasteiger partial charge >= 0.3 is 0 Å². The Morgan fingerprint density at radius 2 is 2.12 bits per heavy atom. The quantitative estimate of drug-likeness (QED) is 0.671. The summed E-state index contributed by atoms with van der Waals surface area (Å²) < 4.78 is 1.53. The number of nitrogens with one attached hydrogen (secondary N) is 1. The van der Waals surface area contributed by atoms with Gasteiger partial charge in [-0.2, -0.15) is 4.52 Å². The number of fused-ring (bicyclic) bond motifs is 1. The second kappa shape index (κ2) is 5.03. The molecule has 86 valence electrons. The van der Waals surface area contributed by atoms with E-state index < -0.39 is 0 Å². The maximum Gasteiger partial charge on any atom is 0.291 e. The molecule has 2 N–H and O–H groups in total. The third-order valence-corrected chi connectivity index (χ3v) is 2.49. The molecule has 0 saturated heterocycles. The standard InChI is InChI=1S/C7H11N7OS/c1-2-16-7-12-11-6-10-9-5(8-3-4-15)13-14(6)7/h15H,2-4H2,1H3,(H,8,13). The third kappa shape index (κ3) is 2.19. The normalized spacial score (nSPS) is 10.9. The Labute approximate surface area is 95.5 Å². The van der Waals surface area contributed by atoms with Crippen molar-refractivity contribution in [3.8, 4) is 0 Å². The van der Waals surface area contributed by atoms with E-state index in [0.717, 1.165) is 5.75 Å². The van der Waals surface area contributed by atoms with Gasteiger partial charge in [-0.3, -0.25) is 0 Å². The SMILES string of the molecule is CCSc1nnc2nnc(NCCO)nn12. The Kier molecular flexibility index (Phi) is 3.47. The summed E-state index contributed by atoms with van der Waals surface area (Å²) in [6.45, 7) is 2.41. The Bertz CT molecular complexity index is 473. The monoisotopic (exact) mass is 241 g/mol. The third-order valence-electron chi connectivity index (χ3n) is 1.69. The van der Waals surface area contributed by atoms with Crippen molar-refractivity contribution in [1.82, 2.24) is 30.0 Å². The van der Waals surface area contributed by atoms with Gasteiger partial charge in [-0.15, -0.1) is 25.5 Å². The van der Waals surface area contributed by atoms with Crippen LogP contribution in [-0.2, 0) is 0 Å². The van der Waals surface area contributed by atoms with Crippen LogP contribution in [0.15, 0.2) is 5.16 Å². The first kappa shape index (κ1) is 11.0. The van der Waals surface area contributed by atoms with Crippen molar-refractivity contribution >= 4 is 23.5 Å². The molecule has 0 atom stereocenters. The van der Waals surface area contributed by atoms with E-state index in [1.54, 1.807) is 0 Å². The van der Waals surface area contributed by atoms with Gasteiger partial charge < -0.3 is 10.4 Å². The topological polar surface area (TPSA) is 101 Å². The van der Waals surface area contributed by atoms with Crippen molar-refractivity contribution < 1.29 is 5.11 Å². The van der Waals surface area contributed by atoms with E-state index >= 15 is 0 Å². The Balaban J connectivity index is 2.30. The van der Waals surface area contributed by atoms with E-state index in [0.29, 0.717) is 23.4 Å². The van der Waals surface area contributed by atoms with Gasteiger partial charge in [0, 0.05) is 6.54 Å². The predicted molar refractivity (Wildman–Crippen MR) is 58.3 cm³/mol. The molecular formula is C7H11N7OS. The Morgan fingerprint density at radius 1 is 1.31 bits per heavy atom. The molecule has 2 rings (SSSR count). The largest absolute Gasteiger partial charge is 0.395 e. The van der Waals surface area contributed by atoms with E-state index in [1.165, 1.54) is 16.3 Å². The van der Waals surface area contributed by atoms with Crippen LogP contribution < -0.4 is 5.32 Å². The summed E-state index contributed by atoms with van der Waals surface area (Å²) in [4.78, 5) is 0. The number of rotatable bonds is 5. The smallest absolute Gasteiger partial charge is 0.291 e. The number of nitrogens with zero attached hydrogens (tertiary/aromatic N) is 6. The summed E-state index contributed by atoms with van der Waals surface area (Å²) in [6, 6.07) is 0. The van der Waals surface area contributed by atoms with Gasteiger partial charge in [-0.1, -0.05) is 18.7 Å². The lowest BCUT2D eigenvalue weighted by atomic mass is 10.7. The Hall–Kier alpha value is -1.48. The van der Waals surface area contributed by atoms with Crippen LogP contribution in [0.1, 0.15) is 6.92 Å². The van der Waals surface area contributed by atoms with Gasteiger partial charge in [0.05, 0.1) is 6.61 Å². The van der Waals surface area contributed by atoms with Crippen LogP contribution >= 0.6 is 11.8 Å². The molecule has 0 aliphatic heterocycles. The van der Waals surface area contributed by atoms with E-state index in [-0.39, 0.29) is 6.61 Å². The fourth-order valence-electron chi connectivity index (χ4n) is 1.07. The van der Waals surface area contributed by atoms with E-state index in [4.69, 9.17) is 5.11 Å². The maximum absolute atomic E-state index is 8.67. The molecule has 16 heavy (non-hydrogen) atoms. The molecule has 0 amide bonds. The molecule has 0 aliphatic rings. The average Bonchev–Trinajstić information content (AvgIpc) is 2.70. The van der Waals surface area contributed by atoms with Crippen LogP contribution in [-0.4, -0.2) is 54.0 Å². The molecule has 0 spiro atoms. The number of thioether (sulfide) groups is 1. The van der Waals surface area contributed by atoms with Crippen molar-refractivity contribution in [2.75, 3.05) is 24.2 Å². The lowest BCUT2D eigenvalue weighted by Crippen LogP contribution is -2.12. The Morgan fingerprint density at radius 3 is 2.88 bits per heavy atom. The molecule has 2 heterocycles. The highest BCUT2D eigenvalue weighted by Crippen LogP contribution is 2.13. The maximum atomic E-state index is 8.67. The number of hydrogen-bond donors (Lipinski definition) is 2. The highest BCUT2D eigenvalue weighted by Gasteiger charge is 2.09. The van der Waals surface area contributed by atoms with E-state index in [2.05, 4.69) is 30.8 Å². The summed E-state index contributed by atoms with van der Waals surface area (Å²) in [5, 5.41) is 31.8. The van der Waals surface area contributed by atoms with Crippen LogP contribution in [0.3, 0.4) is 0 Å². The lowest BCUT2D eigenvalue weighted by molar-refractivity contribution is 0.310. The molecule has 0 unspecified atom stereocenters. The fraction of sp³-hybridized carbons (Fsp3) is 0.571. The minimum absolute atomic E-state index is 0.0140. The summed E-state index contributed by atoms with van der Waals surface area (Å²) in [5.41, 5.74) is 0. The minimum Gasteiger partial charge on any atom is -0.395 e. The predicted octanol–water partition coefficient (Wildman–Crippen LogP) is -0.570. The molecular weight excluding hydrogens is 230 g/mol. The van der Waals surface area contributed by atoms with E-state index in [9.17, 15) is 0 Å². The summed E-state index contributed by atoms with van der Waals surface area (Å²) in [7, 11) is 0. The number of aliphatic hydroxyl groups excluding tert-OH is 1. The molecule has 0 aromatic carbocycles. The molecule has 0 radical (unpaired) electrons. The minimum atomic E-state index is 0.0140. The summed E-state index contributed by atoms with van der Waals surface area (Å²) in [6.07, 6.45) is 0. The molecule has 0 saturated carbocycles. The fourth-order valence-corrected chi connectivity index (χ4v) is 1.67. The molecule has 0 aliphatic carbocycles. The van der Waals surface area contributed by atoms with Crippen LogP contribution in [0.4, 0.5) is 5.95 Å². The van der Waals surface area contributed by atoms with Crippen LogP contribution in [0.5, 0.6) is 0 Å². The highest BCUT2D eigenvalue weighted by atomic mass is 32.2. The van der Waals surface area contributed by atoms with Gasteiger partial charge in [-0.05, 0) is 5.75 Å². The van der Waals surface area contributed by atoms with Gasteiger partial charge in [0.15, 0.2) is 0 Å². The zero-order valence-corrected chi connectivity index (χ0v) is 9.48. The van der Waals surface area contributed by atoms with E-state index in [1.807, 2.05) is 6.92 Å². The molecule has 8 nitrogen and oxygen atoms in total. The molecule has 2 aromatic heterocycles. The number of aliphatic hydroxyl groups is 1. The van der Waals surface area contributed by atoms with Crippen LogP contribution in [0.2, 0.25) is 0 Å². The summed E-state index contributed by atoms with van der Waals surface area (Å²) >= 11 is 1.53. The second-order valence-electron chi connectivity index (χ2n) is 2.80. The van der Waals surface area contributed by atoms with Gasteiger partial charge in [-0.25, -0.2) is 0 Å². The number of anilines is 1. The molecule has 0 bridgehead atoms. The zero-order valence-electron chi connectivity index (χ0n) is 8.66. The molecule has 0 fully saturated rings. The number of hydrogen-bond acceptors (Lipinski definition) is 8. The van der Waals surface area contributed by atoms with Crippen molar-refractivity contribution in [3.63, 3.8) is 0 Å². The van der Waals surface area contributed by atoms with Gasteiger partial charge in [0.2, 0.25) is 5.16 Å². The highest BCUT2D eigenvalue weighted by molar-refractivity contribution is 7.99.